The van der Waals surface area contributed by atoms with E-state index in [2.05, 4.69) is 15.4 Å². The van der Waals surface area contributed by atoms with Crippen molar-refractivity contribution in [1.82, 2.24) is 20.1 Å². The van der Waals surface area contributed by atoms with Gasteiger partial charge in [-0.05, 0) is 48.4 Å². The van der Waals surface area contributed by atoms with E-state index in [0.717, 1.165) is 0 Å². The minimum Gasteiger partial charge on any atom is -0.365 e. The number of rotatable bonds is 8. The highest BCUT2D eigenvalue weighted by Crippen LogP contribution is 2.30. The van der Waals surface area contributed by atoms with E-state index >= 15 is 0 Å². The van der Waals surface area contributed by atoms with Crippen LogP contribution in [0.25, 0.3) is 17.1 Å². The molecule has 1 fully saturated rings. The van der Waals surface area contributed by atoms with Crippen LogP contribution in [-0.2, 0) is 20.7 Å². The van der Waals surface area contributed by atoms with E-state index < -0.39 is 35.3 Å². The number of benzene rings is 2. The molecular formula is C27H22ClF2N5O4. The Morgan fingerprint density at radius 3 is 2.54 bits per heavy atom. The molecule has 1 saturated heterocycles. The fourth-order valence-corrected chi connectivity index (χ4v) is 4.58. The molecule has 39 heavy (non-hydrogen) atoms. The number of pyridine rings is 1. The summed E-state index contributed by atoms with van der Waals surface area (Å²) in [4.78, 5) is 30.4. The topological polar surface area (TPSA) is 121 Å². The molecular weight excluding hydrogens is 532 g/mol. The number of primary amides is 1. The Morgan fingerprint density at radius 2 is 1.82 bits per heavy atom. The van der Waals surface area contributed by atoms with Crippen LogP contribution in [0.3, 0.4) is 0 Å². The summed E-state index contributed by atoms with van der Waals surface area (Å²) in [6.45, 7) is 0.186. The lowest BCUT2D eigenvalue weighted by Crippen LogP contribution is -2.61. The van der Waals surface area contributed by atoms with Gasteiger partial charge in [0.1, 0.15) is 11.6 Å². The molecule has 0 spiro atoms. The number of hydrogen-bond acceptors (Lipinski definition) is 6. The number of hydrogen-bond donors (Lipinski definition) is 2. The minimum absolute atomic E-state index is 0.0501. The third-order valence-electron chi connectivity index (χ3n) is 6.24. The fourth-order valence-electron chi connectivity index (χ4n) is 4.36. The van der Waals surface area contributed by atoms with Gasteiger partial charge in [-0.15, -0.1) is 0 Å². The summed E-state index contributed by atoms with van der Waals surface area (Å²) in [5, 5.41) is 7.14. The Kier molecular flexibility index (Phi) is 7.38. The van der Waals surface area contributed by atoms with E-state index in [1.54, 1.807) is 24.4 Å². The van der Waals surface area contributed by atoms with Crippen LogP contribution in [0.15, 0.2) is 73.1 Å². The Bertz CT molecular complexity index is 1520. The average molecular weight is 554 g/mol. The zero-order chi connectivity index (χ0) is 27.6. The highest BCUT2D eigenvalue weighted by molar-refractivity contribution is 6.33. The lowest BCUT2D eigenvalue weighted by Gasteiger charge is -2.33. The molecule has 2 aromatic carbocycles. The summed E-state index contributed by atoms with van der Waals surface area (Å²) in [6.07, 6.45) is 3.08. The van der Waals surface area contributed by atoms with E-state index in [1.165, 1.54) is 53.3 Å². The maximum atomic E-state index is 14.0. The van der Waals surface area contributed by atoms with Gasteiger partial charge in [0, 0.05) is 18.0 Å². The monoisotopic (exact) mass is 553 g/mol. The van der Waals surface area contributed by atoms with Crippen LogP contribution in [0.4, 0.5) is 8.78 Å². The molecule has 200 valence electrons. The number of nitrogens with one attached hydrogen (secondary N) is 1. The SMILES string of the molecule is NC(=O)C1(C(Cc2ccc(F)cc2)NC(=O)c2cccnc2-n2ccc(-c3cccc(F)c3Cl)n2)OCCO1. The normalized spacial score (nSPS) is 15.2. The van der Waals surface area contributed by atoms with Gasteiger partial charge in [-0.3, -0.25) is 9.59 Å². The van der Waals surface area contributed by atoms with Gasteiger partial charge in [0.25, 0.3) is 17.6 Å². The van der Waals surface area contributed by atoms with Gasteiger partial charge < -0.3 is 20.5 Å². The van der Waals surface area contributed by atoms with E-state index in [1.807, 2.05) is 0 Å². The number of ether oxygens (including phenoxy) is 2. The quantitative estimate of drug-likeness (QED) is 0.345. The molecule has 5 rings (SSSR count). The summed E-state index contributed by atoms with van der Waals surface area (Å²) < 4.78 is 40.1. The van der Waals surface area contributed by atoms with Crippen molar-refractivity contribution in [3.8, 4) is 17.1 Å². The van der Waals surface area contributed by atoms with Gasteiger partial charge in [-0.25, -0.2) is 18.4 Å². The Morgan fingerprint density at radius 1 is 1.08 bits per heavy atom. The van der Waals surface area contributed by atoms with Crippen LogP contribution in [-0.4, -0.2) is 51.6 Å². The van der Waals surface area contributed by atoms with Crippen molar-refractivity contribution >= 4 is 23.4 Å². The van der Waals surface area contributed by atoms with Crippen molar-refractivity contribution in [2.75, 3.05) is 13.2 Å². The van der Waals surface area contributed by atoms with Crippen molar-refractivity contribution in [3.63, 3.8) is 0 Å². The van der Waals surface area contributed by atoms with Crippen molar-refractivity contribution in [2.45, 2.75) is 18.2 Å². The van der Waals surface area contributed by atoms with Gasteiger partial charge in [0.15, 0.2) is 5.82 Å². The smallest absolute Gasteiger partial charge is 0.280 e. The van der Waals surface area contributed by atoms with Gasteiger partial charge in [0.05, 0.1) is 35.5 Å². The first-order valence-electron chi connectivity index (χ1n) is 11.9. The summed E-state index contributed by atoms with van der Waals surface area (Å²) in [5.41, 5.74) is 7.12. The first-order valence-corrected chi connectivity index (χ1v) is 12.2. The molecule has 0 bridgehead atoms. The van der Waals surface area contributed by atoms with Crippen LogP contribution in [0.1, 0.15) is 15.9 Å². The Balaban J connectivity index is 1.47. The number of nitrogens with two attached hydrogens (primary N) is 1. The average Bonchev–Trinajstić information content (AvgIpc) is 3.62. The van der Waals surface area contributed by atoms with Crippen LogP contribution in [0.5, 0.6) is 0 Å². The Labute approximate surface area is 226 Å². The first kappa shape index (κ1) is 26.4. The molecule has 12 heteroatoms. The van der Waals surface area contributed by atoms with Gasteiger partial charge in [-0.1, -0.05) is 35.9 Å². The van der Waals surface area contributed by atoms with Crippen molar-refractivity contribution in [3.05, 3.63) is 101 Å². The van der Waals surface area contributed by atoms with E-state index in [0.29, 0.717) is 16.8 Å². The van der Waals surface area contributed by atoms with Crippen LogP contribution in [0, 0.1) is 11.6 Å². The summed E-state index contributed by atoms with van der Waals surface area (Å²) in [5.74, 6) is -4.33. The molecule has 2 aromatic heterocycles. The second-order valence-corrected chi connectivity index (χ2v) is 9.08. The summed E-state index contributed by atoms with van der Waals surface area (Å²) >= 11 is 6.11. The molecule has 2 amide bonds. The number of amides is 2. The maximum absolute atomic E-state index is 14.0. The predicted molar refractivity (Wildman–Crippen MR) is 137 cm³/mol. The zero-order valence-electron chi connectivity index (χ0n) is 20.3. The maximum Gasteiger partial charge on any atom is 0.280 e. The zero-order valence-corrected chi connectivity index (χ0v) is 21.1. The molecule has 9 nitrogen and oxygen atoms in total. The van der Waals surface area contributed by atoms with Crippen molar-refractivity contribution in [1.29, 1.82) is 0 Å². The first-order chi connectivity index (χ1) is 18.8. The fraction of sp³-hybridized carbons (Fsp3) is 0.185. The van der Waals surface area contributed by atoms with Gasteiger partial charge in [0.2, 0.25) is 0 Å². The highest BCUT2D eigenvalue weighted by Gasteiger charge is 2.51. The van der Waals surface area contributed by atoms with Gasteiger partial charge >= 0.3 is 0 Å². The highest BCUT2D eigenvalue weighted by atomic mass is 35.5. The molecule has 4 aromatic rings. The molecule has 0 saturated carbocycles. The van der Waals surface area contributed by atoms with Crippen molar-refractivity contribution in [2.24, 2.45) is 5.73 Å². The second-order valence-electron chi connectivity index (χ2n) is 8.71. The number of carbonyl (C=O) groups excluding carboxylic acids is 2. The molecule has 0 radical (unpaired) electrons. The standard InChI is InChI=1S/C27H22ClF2N5O4/c28-23-18(3-1-5-20(23)30)21-10-12-35(34-21)24-19(4-2-11-32-24)25(36)33-22(15-16-6-8-17(29)9-7-16)27(26(31)37)38-13-14-39-27/h1-12,22H,13-15H2,(H2,31,37)(H,33,36). The molecule has 1 aliphatic rings. The third-order valence-corrected chi connectivity index (χ3v) is 6.63. The van der Waals surface area contributed by atoms with Crippen molar-refractivity contribution < 1.29 is 27.8 Å². The molecule has 1 aliphatic heterocycles. The van der Waals surface area contributed by atoms with Crippen LogP contribution in [0.2, 0.25) is 5.02 Å². The number of halogens is 3. The number of nitrogens with zero attached hydrogens (tertiary/aromatic N) is 3. The summed E-state index contributed by atoms with van der Waals surface area (Å²) in [6, 6.07) is 13.6. The lowest BCUT2D eigenvalue weighted by molar-refractivity contribution is -0.189. The Hall–Kier alpha value is -4.19. The molecule has 3 N–H and O–H groups in total. The van der Waals surface area contributed by atoms with E-state index in [4.69, 9.17) is 26.8 Å². The van der Waals surface area contributed by atoms with E-state index in [-0.39, 0.29) is 36.0 Å². The van der Waals surface area contributed by atoms with Crippen LogP contribution < -0.4 is 11.1 Å². The molecule has 1 atom stereocenters. The second kappa shape index (κ2) is 10.9. The largest absolute Gasteiger partial charge is 0.365 e. The number of aromatic nitrogens is 3. The molecule has 1 unspecified atom stereocenters. The molecule has 3 heterocycles. The van der Waals surface area contributed by atoms with E-state index in [9.17, 15) is 18.4 Å². The minimum atomic E-state index is -1.93. The third kappa shape index (κ3) is 5.24. The summed E-state index contributed by atoms with van der Waals surface area (Å²) in [7, 11) is 0. The molecule has 0 aliphatic carbocycles. The lowest BCUT2D eigenvalue weighted by atomic mass is 9.97. The van der Waals surface area contributed by atoms with Gasteiger partial charge in [-0.2, -0.15) is 5.10 Å². The predicted octanol–water partition coefficient (Wildman–Crippen LogP) is 3.44. The van der Waals surface area contributed by atoms with Crippen LogP contribution >= 0.6 is 11.6 Å². The number of carbonyl (C=O) groups is 2.